The summed E-state index contributed by atoms with van der Waals surface area (Å²) in [5.41, 5.74) is 1.14. The Bertz CT molecular complexity index is 513. The van der Waals surface area contributed by atoms with E-state index in [1.165, 1.54) is 25.7 Å². The largest absolute Gasteiger partial charge is 0.493 e. The van der Waals surface area contributed by atoms with Gasteiger partial charge in [-0.2, -0.15) is 0 Å². The molecule has 0 spiro atoms. The first kappa shape index (κ1) is 15.5. The van der Waals surface area contributed by atoms with E-state index in [4.69, 9.17) is 4.74 Å². The van der Waals surface area contributed by atoms with Crippen LogP contribution in [0.2, 0.25) is 0 Å². The SMILES string of the molecule is CCCCC(CC)COc1cccc(Cn2cnnn2)c1. The van der Waals surface area contributed by atoms with Crippen LogP contribution < -0.4 is 4.74 Å². The quantitative estimate of drug-likeness (QED) is 0.710. The number of nitrogens with zero attached hydrogens (tertiary/aromatic N) is 4. The van der Waals surface area contributed by atoms with Gasteiger partial charge in [0.05, 0.1) is 13.2 Å². The number of aromatic nitrogens is 4. The molecule has 2 aromatic rings. The lowest BCUT2D eigenvalue weighted by Gasteiger charge is -2.16. The van der Waals surface area contributed by atoms with E-state index >= 15 is 0 Å². The molecule has 1 aromatic carbocycles. The maximum absolute atomic E-state index is 5.96. The van der Waals surface area contributed by atoms with Crippen LogP contribution in [0.1, 0.15) is 45.1 Å². The maximum atomic E-state index is 5.96. The molecule has 1 heterocycles. The molecular formula is C16H24N4O. The van der Waals surface area contributed by atoms with Crippen molar-refractivity contribution in [1.29, 1.82) is 0 Å². The molecule has 0 aliphatic heterocycles. The molecule has 0 aliphatic rings. The van der Waals surface area contributed by atoms with E-state index in [0.29, 0.717) is 12.5 Å². The van der Waals surface area contributed by atoms with Crippen molar-refractivity contribution < 1.29 is 4.74 Å². The number of hydrogen-bond acceptors (Lipinski definition) is 4. The first-order chi connectivity index (χ1) is 10.3. The van der Waals surface area contributed by atoms with E-state index in [1.807, 2.05) is 12.1 Å². The van der Waals surface area contributed by atoms with Gasteiger partial charge in [-0.15, -0.1) is 5.10 Å². The van der Waals surface area contributed by atoms with Gasteiger partial charge >= 0.3 is 0 Å². The molecule has 0 saturated carbocycles. The van der Waals surface area contributed by atoms with Crippen molar-refractivity contribution in [1.82, 2.24) is 20.2 Å². The number of ether oxygens (including phenoxy) is 1. The number of unbranched alkanes of at least 4 members (excludes halogenated alkanes) is 1. The van der Waals surface area contributed by atoms with Gasteiger partial charge in [0.2, 0.25) is 0 Å². The second kappa shape index (κ2) is 8.39. The van der Waals surface area contributed by atoms with Crippen LogP contribution in [-0.2, 0) is 6.54 Å². The Morgan fingerprint density at radius 1 is 1.29 bits per heavy atom. The van der Waals surface area contributed by atoms with Gasteiger partial charge in [0.25, 0.3) is 0 Å². The summed E-state index contributed by atoms with van der Waals surface area (Å²) in [5, 5.41) is 11.2. The lowest BCUT2D eigenvalue weighted by atomic mass is 10.0. The van der Waals surface area contributed by atoms with Gasteiger partial charge in [0.1, 0.15) is 12.1 Å². The molecule has 1 aromatic heterocycles. The Balaban J connectivity index is 1.88. The van der Waals surface area contributed by atoms with E-state index < -0.39 is 0 Å². The third-order valence-electron chi connectivity index (χ3n) is 3.66. The van der Waals surface area contributed by atoms with E-state index in [2.05, 4.69) is 41.5 Å². The molecule has 21 heavy (non-hydrogen) atoms. The van der Waals surface area contributed by atoms with Crippen molar-refractivity contribution in [3.63, 3.8) is 0 Å². The smallest absolute Gasteiger partial charge is 0.138 e. The van der Waals surface area contributed by atoms with Crippen LogP contribution in [0.4, 0.5) is 0 Å². The summed E-state index contributed by atoms with van der Waals surface area (Å²) in [6.07, 6.45) is 6.56. The highest BCUT2D eigenvalue weighted by atomic mass is 16.5. The average molecular weight is 288 g/mol. The number of hydrogen-bond donors (Lipinski definition) is 0. The summed E-state index contributed by atoms with van der Waals surface area (Å²) in [6.45, 7) is 5.93. The predicted molar refractivity (Wildman–Crippen MR) is 82.2 cm³/mol. The molecule has 0 N–H and O–H groups in total. The molecule has 0 aliphatic carbocycles. The summed E-state index contributed by atoms with van der Waals surface area (Å²) in [5.74, 6) is 1.57. The minimum absolute atomic E-state index is 0.646. The zero-order valence-electron chi connectivity index (χ0n) is 12.9. The topological polar surface area (TPSA) is 52.8 Å². The zero-order chi connectivity index (χ0) is 14.9. The van der Waals surface area contributed by atoms with Gasteiger partial charge in [0, 0.05) is 0 Å². The number of benzene rings is 1. The lowest BCUT2D eigenvalue weighted by molar-refractivity contribution is 0.233. The highest BCUT2D eigenvalue weighted by Crippen LogP contribution is 2.18. The third-order valence-corrected chi connectivity index (χ3v) is 3.66. The van der Waals surface area contributed by atoms with Crippen LogP contribution in [0, 0.1) is 5.92 Å². The molecule has 0 amide bonds. The highest BCUT2D eigenvalue weighted by molar-refractivity contribution is 5.28. The van der Waals surface area contributed by atoms with Crippen LogP contribution in [0.5, 0.6) is 5.75 Å². The minimum Gasteiger partial charge on any atom is -0.493 e. The predicted octanol–water partition coefficient (Wildman–Crippen LogP) is 3.32. The van der Waals surface area contributed by atoms with E-state index in [-0.39, 0.29) is 0 Å². The van der Waals surface area contributed by atoms with Crippen molar-refractivity contribution >= 4 is 0 Å². The molecule has 1 atom stereocenters. The van der Waals surface area contributed by atoms with Gasteiger partial charge in [-0.3, -0.25) is 0 Å². The third kappa shape index (κ3) is 5.17. The molecule has 1 unspecified atom stereocenters. The van der Waals surface area contributed by atoms with Crippen LogP contribution in [0.25, 0.3) is 0 Å². The van der Waals surface area contributed by atoms with Crippen molar-refractivity contribution in [3.8, 4) is 5.75 Å². The average Bonchev–Trinajstić information content (AvgIpc) is 3.01. The van der Waals surface area contributed by atoms with Crippen LogP contribution >= 0.6 is 0 Å². The van der Waals surface area contributed by atoms with E-state index in [0.717, 1.165) is 17.9 Å². The molecule has 0 bridgehead atoms. The van der Waals surface area contributed by atoms with Crippen LogP contribution in [0.15, 0.2) is 30.6 Å². The van der Waals surface area contributed by atoms with Crippen molar-refractivity contribution in [2.24, 2.45) is 5.92 Å². The molecular weight excluding hydrogens is 264 g/mol. The molecule has 0 radical (unpaired) electrons. The van der Waals surface area contributed by atoms with Gasteiger partial charge in [0.15, 0.2) is 0 Å². The zero-order valence-corrected chi connectivity index (χ0v) is 12.9. The van der Waals surface area contributed by atoms with Gasteiger partial charge < -0.3 is 4.74 Å². The van der Waals surface area contributed by atoms with E-state index in [1.54, 1.807) is 11.0 Å². The molecule has 114 valence electrons. The highest BCUT2D eigenvalue weighted by Gasteiger charge is 2.07. The molecule has 2 rings (SSSR count). The maximum Gasteiger partial charge on any atom is 0.138 e. The summed E-state index contributed by atoms with van der Waals surface area (Å²) < 4.78 is 7.66. The minimum atomic E-state index is 0.646. The van der Waals surface area contributed by atoms with Crippen LogP contribution in [0.3, 0.4) is 0 Å². The molecule has 5 heteroatoms. The fourth-order valence-corrected chi connectivity index (χ4v) is 2.29. The van der Waals surface area contributed by atoms with Crippen molar-refractivity contribution in [3.05, 3.63) is 36.2 Å². The standard InChI is InChI=1S/C16H24N4O/c1-3-5-7-14(4-2)12-21-16-9-6-8-15(10-16)11-20-13-17-18-19-20/h6,8-10,13-14H,3-5,7,11-12H2,1-2H3. The van der Waals surface area contributed by atoms with Gasteiger partial charge in [-0.25, -0.2) is 4.68 Å². The summed E-state index contributed by atoms with van der Waals surface area (Å²) in [6, 6.07) is 8.15. The Morgan fingerprint density at radius 3 is 2.90 bits per heavy atom. The summed E-state index contributed by atoms with van der Waals surface area (Å²) in [7, 11) is 0. The second-order valence-electron chi connectivity index (χ2n) is 5.38. The molecule has 0 saturated heterocycles. The second-order valence-corrected chi connectivity index (χ2v) is 5.38. The number of rotatable bonds is 9. The number of tetrazole rings is 1. The molecule has 0 fully saturated rings. The monoisotopic (exact) mass is 288 g/mol. The van der Waals surface area contributed by atoms with E-state index in [9.17, 15) is 0 Å². The Morgan fingerprint density at radius 2 is 2.19 bits per heavy atom. The first-order valence-electron chi connectivity index (χ1n) is 7.74. The fraction of sp³-hybridized carbons (Fsp3) is 0.562. The van der Waals surface area contributed by atoms with Crippen molar-refractivity contribution in [2.45, 2.75) is 46.1 Å². The summed E-state index contributed by atoms with van der Waals surface area (Å²) >= 11 is 0. The fourth-order valence-electron chi connectivity index (χ4n) is 2.29. The lowest BCUT2D eigenvalue weighted by Crippen LogP contribution is -2.11. The summed E-state index contributed by atoms with van der Waals surface area (Å²) in [4.78, 5) is 0. The normalized spacial score (nSPS) is 12.3. The first-order valence-corrected chi connectivity index (χ1v) is 7.74. The van der Waals surface area contributed by atoms with Gasteiger partial charge in [-0.1, -0.05) is 45.2 Å². The molecule has 5 nitrogen and oxygen atoms in total. The van der Waals surface area contributed by atoms with Crippen molar-refractivity contribution in [2.75, 3.05) is 6.61 Å². The van der Waals surface area contributed by atoms with Gasteiger partial charge in [-0.05, 0) is 40.5 Å². The Kier molecular flexibility index (Phi) is 6.19. The Hall–Kier alpha value is -1.91. The van der Waals surface area contributed by atoms with Crippen LogP contribution in [-0.4, -0.2) is 26.8 Å². The Labute approximate surface area is 126 Å².